The molecule has 2 aromatic carbocycles. The molecule has 1 heterocycles. The van der Waals surface area contributed by atoms with Crippen molar-refractivity contribution in [3.8, 4) is 5.75 Å². The van der Waals surface area contributed by atoms with Crippen LogP contribution in [0, 0.1) is 5.92 Å². The van der Waals surface area contributed by atoms with E-state index >= 15 is 0 Å². The van der Waals surface area contributed by atoms with Gasteiger partial charge in [-0.15, -0.1) is 11.8 Å². The minimum Gasteiger partial charge on any atom is -0.508 e. The zero-order valence-corrected chi connectivity index (χ0v) is 15.0. The summed E-state index contributed by atoms with van der Waals surface area (Å²) in [5, 5.41) is 9.33. The van der Waals surface area contributed by atoms with Crippen LogP contribution in [0.5, 0.6) is 5.75 Å². The van der Waals surface area contributed by atoms with Gasteiger partial charge in [-0.3, -0.25) is 9.59 Å². The van der Waals surface area contributed by atoms with E-state index in [1.54, 1.807) is 23.9 Å². The second kappa shape index (κ2) is 7.74. The normalized spacial score (nSPS) is 15.2. The minimum absolute atomic E-state index is 0.0307. The first-order chi connectivity index (χ1) is 12.1. The molecule has 0 saturated carbocycles. The summed E-state index contributed by atoms with van der Waals surface area (Å²) in [4.78, 5) is 28.1. The predicted molar refractivity (Wildman–Crippen MR) is 99.3 cm³/mol. The molecule has 4 nitrogen and oxygen atoms in total. The van der Waals surface area contributed by atoms with Crippen LogP contribution in [0.15, 0.2) is 53.4 Å². The maximum atomic E-state index is 12.6. The molecule has 0 bridgehead atoms. The summed E-state index contributed by atoms with van der Waals surface area (Å²) in [6, 6.07) is 14.0. The van der Waals surface area contributed by atoms with Crippen LogP contribution in [0.25, 0.3) is 0 Å². The molecule has 5 heteroatoms. The Morgan fingerprint density at radius 3 is 2.08 bits per heavy atom. The fraction of sp³-hybridized carbons (Fsp3) is 0.300. The number of hydrogen-bond donors (Lipinski definition) is 1. The molecular formula is C20H21NO3S. The Bertz CT molecular complexity index is 748. The Hall–Kier alpha value is -2.27. The largest absolute Gasteiger partial charge is 0.508 e. The Kier molecular flexibility index (Phi) is 5.43. The van der Waals surface area contributed by atoms with E-state index in [1.165, 1.54) is 12.1 Å². The van der Waals surface area contributed by atoms with Crippen LogP contribution in [-0.2, 0) is 0 Å². The zero-order chi connectivity index (χ0) is 17.8. The highest BCUT2D eigenvalue weighted by Gasteiger charge is 2.28. The first-order valence-corrected chi connectivity index (χ1v) is 9.57. The first-order valence-electron chi connectivity index (χ1n) is 8.35. The van der Waals surface area contributed by atoms with Gasteiger partial charge in [-0.1, -0.05) is 0 Å². The van der Waals surface area contributed by atoms with E-state index in [0.717, 1.165) is 4.90 Å². The van der Waals surface area contributed by atoms with Crippen LogP contribution in [0.4, 0.5) is 0 Å². The van der Waals surface area contributed by atoms with Crippen molar-refractivity contribution < 1.29 is 14.7 Å². The van der Waals surface area contributed by atoms with E-state index in [2.05, 4.69) is 0 Å². The second-order valence-corrected chi connectivity index (χ2v) is 7.09. The van der Waals surface area contributed by atoms with Gasteiger partial charge in [0.25, 0.3) is 5.91 Å². The fourth-order valence-electron chi connectivity index (χ4n) is 3.12. The summed E-state index contributed by atoms with van der Waals surface area (Å²) in [7, 11) is 0. The highest BCUT2D eigenvalue weighted by atomic mass is 32.2. The number of ketones is 1. The molecule has 2 aromatic rings. The number of rotatable bonds is 4. The minimum atomic E-state index is -0.0625. The molecule has 1 aliphatic heterocycles. The smallest absolute Gasteiger partial charge is 0.253 e. The summed E-state index contributed by atoms with van der Waals surface area (Å²) >= 11 is 1.65. The maximum Gasteiger partial charge on any atom is 0.253 e. The number of aromatic hydroxyl groups is 1. The van der Waals surface area contributed by atoms with E-state index in [-0.39, 0.29) is 23.4 Å². The van der Waals surface area contributed by atoms with Crippen molar-refractivity contribution in [1.29, 1.82) is 0 Å². The molecule has 1 aliphatic rings. The monoisotopic (exact) mass is 355 g/mol. The average Bonchev–Trinajstić information content (AvgIpc) is 2.67. The van der Waals surface area contributed by atoms with Crippen LogP contribution >= 0.6 is 11.8 Å². The molecule has 0 spiro atoms. The van der Waals surface area contributed by atoms with Gasteiger partial charge < -0.3 is 10.0 Å². The number of carbonyl (C=O) groups excluding carboxylic acids is 2. The molecule has 0 radical (unpaired) electrons. The van der Waals surface area contributed by atoms with Gasteiger partial charge in [-0.2, -0.15) is 0 Å². The molecule has 1 amide bonds. The molecule has 25 heavy (non-hydrogen) atoms. The number of amides is 1. The highest BCUT2D eigenvalue weighted by molar-refractivity contribution is 7.98. The fourth-order valence-corrected chi connectivity index (χ4v) is 3.53. The lowest BCUT2D eigenvalue weighted by Crippen LogP contribution is -2.40. The van der Waals surface area contributed by atoms with Crippen molar-refractivity contribution in [1.82, 2.24) is 4.90 Å². The number of phenols is 1. The number of piperidine rings is 1. The van der Waals surface area contributed by atoms with Crippen molar-refractivity contribution in [2.45, 2.75) is 17.7 Å². The van der Waals surface area contributed by atoms with Gasteiger partial charge >= 0.3 is 0 Å². The number of benzene rings is 2. The third-order valence-corrected chi connectivity index (χ3v) is 5.39. The quantitative estimate of drug-likeness (QED) is 0.668. The lowest BCUT2D eigenvalue weighted by Gasteiger charge is -2.31. The van der Waals surface area contributed by atoms with Crippen LogP contribution < -0.4 is 0 Å². The summed E-state index contributed by atoms with van der Waals surface area (Å²) in [6.45, 7) is 1.19. The Morgan fingerprint density at radius 2 is 1.52 bits per heavy atom. The first kappa shape index (κ1) is 17.5. The average molecular weight is 355 g/mol. The van der Waals surface area contributed by atoms with Gasteiger partial charge in [-0.25, -0.2) is 0 Å². The van der Waals surface area contributed by atoms with E-state index < -0.39 is 0 Å². The molecular weight excluding hydrogens is 334 g/mol. The van der Waals surface area contributed by atoms with Crippen LogP contribution in [-0.4, -0.2) is 41.0 Å². The predicted octanol–water partition coefficient (Wildman–Crippen LogP) is 3.85. The Labute approximate surface area is 151 Å². The summed E-state index contributed by atoms with van der Waals surface area (Å²) in [6.07, 6.45) is 3.36. The van der Waals surface area contributed by atoms with Crippen molar-refractivity contribution in [2.75, 3.05) is 19.3 Å². The van der Waals surface area contributed by atoms with Gasteiger partial charge in [0.05, 0.1) is 0 Å². The van der Waals surface area contributed by atoms with Crippen molar-refractivity contribution in [3.63, 3.8) is 0 Å². The van der Waals surface area contributed by atoms with E-state index in [0.29, 0.717) is 37.1 Å². The number of phenolic OH excluding ortho intramolecular Hbond substituents is 1. The summed E-state index contributed by atoms with van der Waals surface area (Å²) in [5.74, 6) is 0.219. The summed E-state index contributed by atoms with van der Waals surface area (Å²) < 4.78 is 0. The molecule has 0 atom stereocenters. The third-order valence-electron chi connectivity index (χ3n) is 4.64. The maximum absolute atomic E-state index is 12.6. The highest BCUT2D eigenvalue weighted by Crippen LogP contribution is 2.24. The van der Waals surface area contributed by atoms with Crippen LogP contribution in [0.1, 0.15) is 33.6 Å². The number of carbonyl (C=O) groups is 2. The van der Waals surface area contributed by atoms with Gasteiger partial charge in [0.2, 0.25) is 0 Å². The molecule has 0 aromatic heterocycles. The summed E-state index contributed by atoms with van der Waals surface area (Å²) in [5.41, 5.74) is 1.32. The van der Waals surface area contributed by atoms with Crippen molar-refractivity contribution >= 4 is 23.5 Å². The van der Waals surface area contributed by atoms with E-state index in [1.807, 2.05) is 35.4 Å². The number of likely N-dealkylation sites (tertiary alicyclic amines) is 1. The molecule has 1 N–H and O–H groups in total. The Morgan fingerprint density at radius 1 is 0.960 bits per heavy atom. The number of nitrogens with zero attached hydrogens (tertiary/aromatic N) is 1. The number of hydrogen-bond acceptors (Lipinski definition) is 4. The van der Waals surface area contributed by atoms with E-state index in [9.17, 15) is 14.7 Å². The third kappa shape index (κ3) is 4.04. The lowest BCUT2D eigenvalue weighted by molar-refractivity contribution is 0.0650. The number of thioether (sulfide) groups is 1. The zero-order valence-electron chi connectivity index (χ0n) is 14.1. The topological polar surface area (TPSA) is 57.6 Å². The van der Waals surface area contributed by atoms with Gasteiger partial charge in [0.15, 0.2) is 5.78 Å². The van der Waals surface area contributed by atoms with Gasteiger partial charge in [0.1, 0.15) is 5.75 Å². The Balaban J connectivity index is 1.60. The van der Waals surface area contributed by atoms with Crippen molar-refractivity contribution in [3.05, 3.63) is 59.7 Å². The van der Waals surface area contributed by atoms with Crippen molar-refractivity contribution in [2.24, 2.45) is 5.92 Å². The standard InChI is InChI=1S/C20H21NO3S/c1-25-18-8-4-16(5-9-18)20(24)21-12-10-15(11-13-21)19(23)14-2-6-17(22)7-3-14/h2-9,15,22H,10-13H2,1H3. The number of Topliss-reactive ketones (excluding diaryl/α,β-unsaturated/α-hetero) is 1. The molecule has 1 saturated heterocycles. The molecule has 3 rings (SSSR count). The van der Waals surface area contributed by atoms with E-state index in [4.69, 9.17) is 0 Å². The van der Waals surface area contributed by atoms with Gasteiger partial charge in [-0.05, 0) is 67.6 Å². The molecule has 0 unspecified atom stereocenters. The molecule has 0 aliphatic carbocycles. The second-order valence-electron chi connectivity index (χ2n) is 6.21. The van der Waals surface area contributed by atoms with Crippen LogP contribution in [0.3, 0.4) is 0 Å². The lowest BCUT2D eigenvalue weighted by atomic mass is 9.88. The molecule has 130 valence electrons. The SMILES string of the molecule is CSc1ccc(C(=O)N2CCC(C(=O)c3ccc(O)cc3)CC2)cc1. The van der Waals surface area contributed by atoms with Crippen LogP contribution in [0.2, 0.25) is 0 Å². The van der Waals surface area contributed by atoms with Gasteiger partial charge in [0, 0.05) is 35.0 Å². The molecule has 1 fully saturated rings.